The number of ether oxygens (including phenoxy) is 4. The number of amides is 1. The molecule has 2 fully saturated rings. The minimum absolute atomic E-state index is 0.0888. The lowest BCUT2D eigenvalue weighted by Gasteiger charge is -2.31. The largest absolute Gasteiger partial charge is 0.507 e. The molecule has 1 amide bonds. The molecule has 11 heteroatoms. The highest BCUT2D eigenvalue weighted by molar-refractivity contribution is 6.46. The zero-order chi connectivity index (χ0) is 28.3. The van der Waals surface area contributed by atoms with Gasteiger partial charge in [-0.1, -0.05) is 12.1 Å². The normalized spacial score (nSPS) is 19.4. The van der Waals surface area contributed by atoms with Gasteiger partial charge in [-0.05, 0) is 32.4 Å². The molecule has 1 aromatic heterocycles. The summed E-state index contributed by atoms with van der Waals surface area (Å²) in [7, 11) is 2.98. The van der Waals surface area contributed by atoms with Crippen LogP contribution in [0.3, 0.4) is 0 Å². The molecule has 4 rings (SSSR count). The molecule has 11 nitrogen and oxygen atoms in total. The van der Waals surface area contributed by atoms with Crippen LogP contribution in [0.15, 0.2) is 23.8 Å². The second kappa shape index (κ2) is 11.9. The van der Waals surface area contributed by atoms with Crippen molar-refractivity contribution < 1.29 is 38.4 Å². The summed E-state index contributed by atoms with van der Waals surface area (Å²) in [5, 5.41) is 11.7. The quantitative estimate of drug-likeness (QED) is 0.213. The SMILES string of the molecule is CCOC(=O)c1[nH]c(C)c(C(O)=C2C(=O)C(=O)N(CCN3CCOCC3)C2c2cccc(OC)c2OC)c1C. The minimum Gasteiger partial charge on any atom is -0.507 e. The fourth-order valence-electron chi connectivity index (χ4n) is 5.28. The molecule has 0 spiro atoms. The summed E-state index contributed by atoms with van der Waals surface area (Å²) in [6.45, 7) is 8.61. The first-order chi connectivity index (χ1) is 18.7. The molecule has 2 aliphatic heterocycles. The maximum absolute atomic E-state index is 13.6. The highest BCUT2D eigenvalue weighted by atomic mass is 16.5. The molecule has 3 heterocycles. The molecule has 0 radical (unpaired) electrons. The highest BCUT2D eigenvalue weighted by Crippen LogP contribution is 2.46. The molecule has 1 atom stereocenters. The third-order valence-corrected chi connectivity index (χ3v) is 7.18. The van der Waals surface area contributed by atoms with Crippen LogP contribution in [0.2, 0.25) is 0 Å². The standard InChI is InChI=1S/C28H35N3O8/c1-6-39-28(35)22-16(2)20(17(3)29-22)24(32)21-23(18-8-7-9-19(36-4)26(18)37-5)31(27(34)25(21)33)11-10-30-12-14-38-15-13-30/h7-9,23,29,32H,6,10-15H2,1-5H3. The number of Topliss-reactive ketones (excluding diaryl/α,β-unsaturated/α-hetero) is 1. The van der Waals surface area contributed by atoms with E-state index >= 15 is 0 Å². The lowest BCUT2D eigenvalue weighted by molar-refractivity contribution is -0.140. The van der Waals surface area contributed by atoms with E-state index in [2.05, 4.69) is 9.88 Å². The van der Waals surface area contributed by atoms with Gasteiger partial charge in [-0.3, -0.25) is 14.5 Å². The van der Waals surface area contributed by atoms with Gasteiger partial charge in [0.15, 0.2) is 11.5 Å². The molecular formula is C28H35N3O8. The van der Waals surface area contributed by atoms with Crippen molar-refractivity contribution in [1.82, 2.24) is 14.8 Å². The Hall–Kier alpha value is -3.83. The van der Waals surface area contributed by atoms with Crippen LogP contribution in [0, 0.1) is 13.8 Å². The van der Waals surface area contributed by atoms with Gasteiger partial charge >= 0.3 is 5.97 Å². The molecule has 0 aliphatic carbocycles. The van der Waals surface area contributed by atoms with Gasteiger partial charge < -0.3 is 33.9 Å². The van der Waals surface area contributed by atoms with E-state index in [1.165, 1.54) is 19.1 Å². The number of aliphatic hydroxyl groups is 1. The van der Waals surface area contributed by atoms with E-state index in [1.807, 2.05) is 0 Å². The van der Waals surface area contributed by atoms with Crippen molar-refractivity contribution in [3.8, 4) is 11.5 Å². The number of benzene rings is 1. The van der Waals surface area contributed by atoms with E-state index in [-0.39, 0.29) is 35.7 Å². The second-order valence-electron chi connectivity index (χ2n) is 9.37. The van der Waals surface area contributed by atoms with Crippen LogP contribution in [-0.2, 0) is 19.1 Å². The number of carbonyl (C=O) groups is 3. The first kappa shape index (κ1) is 28.2. The summed E-state index contributed by atoms with van der Waals surface area (Å²) >= 11 is 0. The Morgan fingerprint density at radius 3 is 2.49 bits per heavy atom. The van der Waals surface area contributed by atoms with Gasteiger partial charge in [0, 0.05) is 43.0 Å². The number of aromatic amines is 1. The molecular weight excluding hydrogens is 506 g/mol. The number of hydrogen-bond donors (Lipinski definition) is 2. The van der Waals surface area contributed by atoms with Crippen LogP contribution in [0.5, 0.6) is 11.5 Å². The van der Waals surface area contributed by atoms with Gasteiger partial charge in [0.25, 0.3) is 11.7 Å². The number of methoxy groups -OCH3 is 2. The highest BCUT2D eigenvalue weighted by Gasteiger charge is 2.48. The lowest BCUT2D eigenvalue weighted by atomic mass is 9.93. The maximum Gasteiger partial charge on any atom is 0.355 e. The molecule has 2 aliphatic rings. The number of aromatic nitrogens is 1. The van der Waals surface area contributed by atoms with Gasteiger partial charge in [0.2, 0.25) is 0 Å². The first-order valence-corrected chi connectivity index (χ1v) is 12.9. The van der Waals surface area contributed by atoms with Gasteiger partial charge in [0.1, 0.15) is 11.5 Å². The lowest BCUT2D eigenvalue weighted by Crippen LogP contribution is -2.42. The van der Waals surface area contributed by atoms with E-state index in [0.717, 1.165) is 13.1 Å². The molecule has 210 valence electrons. The third kappa shape index (κ3) is 5.24. The molecule has 0 saturated carbocycles. The Labute approximate surface area is 227 Å². The molecule has 1 unspecified atom stereocenters. The summed E-state index contributed by atoms with van der Waals surface area (Å²) in [4.78, 5) is 46.1. The summed E-state index contributed by atoms with van der Waals surface area (Å²) < 4.78 is 21.7. The Bertz CT molecular complexity index is 1290. The fourth-order valence-corrected chi connectivity index (χ4v) is 5.28. The number of ketones is 1. The van der Waals surface area contributed by atoms with Crippen LogP contribution in [0.25, 0.3) is 5.76 Å². The number of para-hydroxylation sites is 1. The van der Waals surface area contributed by atoms with E-state index in [9.17, 15) is 19.5 Å². The minimum atomic E-state index is -0.948. The number of H-pyrrole nitrogens is 1. The van der Waals surface area contributed by atoms with Crippen LogP contribution in [0.1, 0.15) is 45.8 Å². The van der Waals surface area contributed by atoms with Gasteiger partial charge in [-0.15, -0.1) is 0 Å². The van der Waals surface area contributed by atoms with Crippen LogP contribution in [0.4, 0.5) is 0 Å². The van der Waals surface area contributed by atoms with Crippen molar-refractivity contribution in [2.75, 3.05) is 60.2 Å². The summed E-state index contributed by atoms with van der Waals surface area (Å²) in [6.07, 6.45) is 0. The summed E-state index contributed by atoms with van der Waals surface area (Å²) in [6, 6.07) is 4.25. The zero-order valence-corrected chi connectivity index (χ0v) is 23.0. The van der Waals surface area contributed by atoms with E-state index in [0.29, 0.717) is 48.1 Å². The number of carbonyl (C=O) groups excluding carboxylic acids is 3. The number of hydrogen-bond acceptors (Lipinski definition) is 9. The van der Waals surface area contributed by atoms with Gasteiger partial charge in [-0.2, -0.15) is 0 Å². The smallest absolute Gasteiger partial charge is 0.355 e. The predicted octanol–water partition coefficient (Wildman–Crippen LogP) is 2.58. The Morgan fingerprint density at radius 1 is 1.13 bits per heavy atom. The van der Waals surface area contributed by atoms with Crippen LogP contribution >= 0.6 is 0 Å². The third-order valence-electron chi connectivity index (χ3n) is 7.18. The molecule has 1 aromatic carbocycles. The zero-order valence-electron chi connectivity index (χ0n) is 23.0. The van der Waals surface area contributed by atoms with E-state index < -0.39 is 23.7 Å². The molecule has 2 aromatic rings. The number of aliphatic hydroxyl groups excluding tert-OH is 1. The Morgan fingerprint density at radius 2 is 1.85 bits per heavy atom. The summed E-state index contributed by atoms with van der Waals surface area (Å²) in [5.74, 6) is -1.72. The molecule has 39 heavy (non-hydrogen) atoms. The van der Waals surface area contributed by atoms with Crippen molar-refractivity contribution >= 4 is 23.4 Å². The maximum atomic E-state index is 13.6. The van der Waals surface area contributed by atoms with Gasteiger partial charge in [0.05, 0.1) is 45.7 Å². The van der Waals surface area contributed by atoms with E-state index in [1.54, 1.807) is 39.0 Å². The average molecular weight is 542 g/mol. The first-order valence-electron chi connectivity index (χ1n) is 12.9. The number of nitrogens with zero attached hydrogens (tertiary/aromatic N) is 2. The number of esters is 1. The monoisotopic (exact) mass is 541 g/mol. The number of likely N-dealkylation sites (tertiary alicyclic amines) is 1. The number of rotatable bonds is 9. The fraction of sp³-hybridized carbons (Fsp3) is 0.464. The molecule has 2 N–H and O–H groups in total. The molecule has 2 saturated heterocycles. The van der Waals surface area contributed by atoms with Crippen LogP contribution in [-0.4, -0.2) is 97.8 Å². The number of aryl methyl sites for hydroxylation is 1. The number of nitrogens with one attached hydrogen (secondary N) is 1. The average Bonchev–Trinajstić information content (AvgIpc) is 3.38. The van der Waals surface area contributed by atoms with Crippen molar-refractivity contribution in [3.05, 3.63) is 51.9 Å². The predicted molar refractivity (Wildman–Crippen MR) is 142 cm³/mol. The summed E-state index contributed by atoms with van der Waals surface area (Å²) in [5.41, 5.74) is 1.73. The number of morpholine rings is 1. The second-order valence-corrected chi connectivity index (χ2v) is 9.37. The Kier molecular flexibility index (Phi) is 8.61. The van der Waals surface area contributed by atoms with Crippen molar-refractivity contribution in [2.45, 2.75) is 26.8 Å². The molecule has 0 bridgehead atoms. The van der Waals surface area contributed by atoms with Crippen molar-refractivity contribution in [1.29, 1.82) is 0 Å². The van der Waals surface area contributed by atoms with Crippen LogP contribution < -0.4 is 9.47 Å². The topological polar surface area (TPSA) is 131 Å². The Balaban J connectivity index is 1.87. The van der Waals surface area contributed by atoms with Crippen molar-refractivity contribution in [3.63, 3.8) is 0 Å². The van der Waals surface area contributed by atoms with Crippen molar-refractivity contribution in [2.24, 2.45) is 0 Å². The van der Waals surface area contributed by atoms with Gasteiger partial charge in [-0.25, -0.2) is 4.79 Å². The van der Waals surface area contributed by atoms with E-state index in [4.69, 9.17) is 18.9 Å².